The average molecular weight is 357 g/mol. The van der Waals surface area contributed by atoms with Gasteiger partial charge in [-0.25, -0.2) is 0 Å². The standard InChI is InChI=1S/C16H27N3O4S/c1-18(2)6-7-19(3)14-11(23-12(10-20)15(14)21)9-17-16(22)13-5-4-8-24-13/h4-5,8,11-12,14-15,20-21H,6-7,9-10H2,1-3H3,(H,17,22). The number of aliphatic hydroxyl groups excluding tert-OH is 2. The van der Waals surface area contributed by atoms with Gasteiger partial charge < -0.3 is 25.2 Å². The molecule has 0 aromatic carbocycles. The van der Waals surface area contributed by atoms with E-state index in [1.165, 1.54) is 11.3 Å². The maximum atomic E-state index is 12.1. The molecule has 24 heavy (non-hydrogen) atoms. The smallest absolute Gasteiger partial charge is 0.261 e. The fourth-order valence-corrected chi connectivity index (χ4v) is 3.52. The molecule has 2 rings (SSSR count). The molecular weight excluding hydrogens is 330 g/mol. The second-order valence-electron chi connectivity index (χ2n) is 6.35. The molecular formula is C16H27N3O4S. The Kier molecular flexibility index (Phi) is 7.15. The average Bonchev–Trinajstić information content (AvgIpc) is 3.18. The number of likely N-dealkylation sites (N-methyl/N-ethyl adjacent to an activating group) is 2. The van der Waals surface area contributed by atoms with E-state index < -0.39 is 12.2 Å². The van der Waals surface area contributed by atoms with Crippen molar-refractivity contribution in [3.05, 3.63) is 22.4 Å². The summed E-state index contributed by atoms with van der Waals surface area (Å²) < 4.78 is 5.76. The van der Waals surface area contributed by atoms with Crippen molar-refractivity contribution in [3.8, 4) is 0 Å². The second kappa shape index (κ2) is 8.89. The van der Waals surface area contributed by atoms with E-state index in [4.69, 9.17) is 4.74 Å². The predicted molar refractivity (Wildman–Crippen MR) is 93.4 cm³/mol. The van der Waals surface area contributed by atoms with E-state index in [9.17, 15) is 15.0 Å². The number of nitrogens with one attached hydrogen (secondary N) is 1. The molecule has 4 unspecified atom stereocenters. The Labute approximate surface area is 146 Å². The molecule has 1 aromatic heterocycles. The van der Waals surface area contributed by atoms with Crippen LogP contribution in [0, 0.1) is 0 Å². The molecule has 1 aliphatic rings. The topological polar surface area (TPSA) is 85.3 Å². The van der Waals surface area contributed by atoms with Crippen LogP contribution in [0.2, 0.25) is 0 Å². The van der Waals surface area contributed by atoms with Crippen molar-refractivity contribution in [2.75, 3.05) is 47.4 Å². The number of carbonyl (C=O) groups excluding carboxylic acids is 1. The Hall–Kier alpha value is -1.03. The first-order chi connectivity index (χ1) is 11.4. The highest BCUT2D eigenvalue weighted by Gasteiger charge is 2.45. The highest BCUT2D eigenvalue weighted by atomic mass is 32.1. The lowest BCUT2D eigenvalue weighted by molar-refractivity contribution is -0.0209. The highest BCUT2D eigenvalue weighted by Crippen LogP contribution is 2.25. The van der Waals surface area contributed by atoms with Gasteiger partial charge >= 0.3 is 0 Å². The molecule has 1 fully saturated rings. The number of hydrogen-bond donors (Lipinski definition) is 3. The van der Waals surface area contributed by atoms with Crippen LogP contribution in [-0.2, 0) is 4.74 Å². The molecule has 136 valence electrons. The zero-order valence-electron chi connectivity index (χ0n) is 14.4. The number of amides is 1. The van der Waals surface area contributed by atoms with Gasteiger partial charge in [0.25, 0.3) is 5.91 Å². The maximum absolute atomic E-state index is 12.1. The molecule has 4 atom stereocenters. The quantitative estimate of drug-likeness (QED) is 0.580. The van der Waals surface area contributed by atoms with Crippen LogP contribution in [0.1, 0.15) is 9.67 Å². The Morgan fingerprint density at radius 1 is 1.33 bits per heavy atom. The lowest BCUT2D eigenvalue weighted by Gasteiger charge is -2.31. The minimum absolute atomic E-state index is 0.148. The lowest BCUT2D eigenvalue weighted by atomic mass is 10.0. The fraction of sp³-hybridized carbons (Fsp3) is 0.688. The van der Waals surface area contributed by atoms with Crippen LogP contribution >= 0.6 is 11.3 Å². The molecule has 1 saturated heterocycles. The number of hydrogen-bond acceptors (Lipinski definition) is 7. The molecule has 0 radical (unpaired) electrons. The predicted octanol–water partition coefficient (Wildman–Crippen LogP) is -0.539. The molecule has 1 aliphatic heterocycles. The summed E-state index contributed by atoms with van der Waals surface area (Å²) in [5, 5.41) is 24.6. The van der Waals surface area contributed by atoms with Crippen molar-refractivity contribution in [1.29, 1.82) is 0 Å². The van der Waals surface area contributed by atoms with Crippen molar-refractivity contribution in [3.63, 3.8) is 0 Å². The van der Waals surface area contributed by atoms with Gasteiger partial charge in [0.15, 0.2) is 0 Å². The number of carbonyl (C=O) groups is 1. The monoisotopic (exact) mass is 357 g/mol. The summed E-state index contributed by atoms with van der Waals surface area (Å²) >= 11 is 1.38. The van der Waals surface area contributed by atoms with Gasteiger partial charge in [-0.05, 0) is 32.6 Å². The van der Waals surface area contributed by atoms with Gasteiger partial charge in [0, 0.05) is 19.6 Å². The third kappa shape index (κ3) is 4.75. The van der Waals surface area contributed by atoms with Crippen LogP contribution < -0.4 is 5.32 Å². The lowest BCUT2D eigenvalue weighted by Crippen LogP contribution is -2.51. The van der Waals surface area contributed by atoms with E-state index in [0.29, 0.717) is 11.4 Å². The van der Waals surface area contributed by atoms with Crippen molar-refractivity contribution in [2.24, 2.45) is 0 Å². The summed E-state index contributed by atoms with van der Waals surface area (Å²) in [5.74, 6) is -0.148. The van der Waals surface area contributed by atoms with Crippen LogP contribution in [0.15, 0.2) is 17.5 Å². The molecule has 0 saturated carbocycles. The van der Waals surface area contributed by atoms with Crippen molar-refractivity contribution >= 4 is 17.2 Å². The van der Waals surface area contributed by atoms with E-state index in [2.05, 4.69) is 10.2 Å². The Bertz CT molecular complexity index is 511. The molecule has 0 bridgehead atoms. The number of thiophene rings is 1. The van der Waals surface area contributed by atoms with E-state index in [1.54, 1.807) is 6.07 Å². The molecule has 2 heterocycles. The molecule has 1 amide bonds. The largest absolute Gasteiger partial charge is 0.394 e. The zero-order chi connectivity index (χ0) is 17.7. The van der Waals surface area contributed by atoms with Crippen LogP contribution in [0.4, 0.5) is 0 Å². The van der Waals surface area contributed by atoms with Crippen LogP contribution in [0.3, 0.4) is 0 Å². The van der Waals surface area contributed by atoms with Gasteiger partial charge in [0.2, 0.25) is 0 Å². The summed E-state index contributed by atoms with van der Waals surface area (Å²) in [6.07, 6.45) is -1.78. The van der Waals surface area contributed by atoms with Gasteiger partial charge in [0.05, 0.1) is 23.6 Å². The highest BCUT2D eigenvalue weighted by molar-refractivity contribution is 7.12. The number of nitrogens with zero attached hydrogens (tertiary/aromatic N) is 2. The minimum Gasteiger partial charge on any atom is -0.394 e. The van der Waals surface area contributed by atoms with E-state index in [-0.39, 0.29) is 24.7 Å². The van der Waals surface area contributed by atoms with E-state index in [0.717, 1.165) is 13.1 Å². The summed E-state index contributed by atoms with van der Waals surface area (Å²) in [5.41, 5.74) is 0. The first kappa shape index (κ1) is 19.3. The molecule has 1 aromatic rings. The van der Waals surface area contributed by atoms with E-state index >= 15 is 0 Å². The molecule has 7 nitrogen and oxygen atoms in total. The van der Waals surface area contributed by atoms with Crippen LogP contribution in [-0.4, -0.2) is 97.7 Å². The van der Waals surface area contributed by atoms with Gasteiger partial charge in [-0.3, -0.25) is 9.69 Å². The third-order valence-corrected chi connectivity index (χ3v) is 5.13. The molecule has 8 heteroatoms. The van der Waals surface area contributed by atoms with Gasteiger partial charge in [-0.2, -0.15) is 0 Å². The normalized spacial score (nSPS) is 27.1. The summed E-state index contributed by atoms with van der Waals surface area (Å²) in [4.78, 5) is 16.8. The first-order valence-electron chi connectivity index (χ1n) is 8.05. The Morgan fingerprint density at radius 3 is 2.67 bits per heavy atom. The van der Waals surface area contributed by atoms with Gasteiger partial charge in [-0.1, -0.05) is 6.07 Å². The minimum atomic E-state index is -0.786. The van der Waals surface area contributed by atoms with Crippen LogP contribution in [0.25, 0.3) is 0 Å². The Morgan fingerprint density at radius 2 is 2.08 bits per heavy atom. The zero-order valence-corrected chi connectivity index (χ0v) is 15.2. The second-order valence-corrected chi connectivity index (χ2v) is 7.30. The summed E-state index contributed by atoms with van der Waals surface area (Å²) in [7, 11) is 5.91. The third-order valence-electron chi connectivity index (χ3n) is 4.26. The number of aliphatic hydroxyl groups is 2. The fourth-order valence-electron chi connectivity index (χ4n) is 2.88. The van der Waals surface area contributed by atoms with E-state index in [1.807, 2.05) is 37.5 Å². The van der Waals surface area contributed by atoms with Crippen molar-refractivity contribution in [2.45, 2.75) is 24.4 Å². The van der Waals surface area contributed by atoms with Crippen molar-refractivity contribution < 1.29 is 19.7 Å². The molecule has 3 N–H and O–H groups in total. The SMILES string of the molecule is CN(C)CCN(C)C1C(CNC(=O)c2cccs2)OC(CO)C1O. The first-order valence-corrected chi connectivity index (χ1v) is 8.93. The van der Waals surface area contributed by atoms with Crippen molar-refractivity contribution in [1.82, 2.24) is 15.1 Å². The molecule has 0 spiro atoms. The van der Waals surface area contributed by atoms with Gasteiger partial charge in [-0.15, -0.1) is 11.3 Å². The maximum Gasteiger partial charge on any atom is 0.261 e. The summed E-state index contributed by atoms with van der Waals surface area (Å²) in [6.45, 7) is 1.65. The van der Waals surface area contributed by atoms with Gasteiger partial charge in [0.1, 0.15) is 12.2 Å². The summed E-state index contributed by atoms with van der Waals surface area (Å²) in [6, 6.07) is 3.32. The number of rotatable bonds is 8. The molecule has 0 aliphatic carbocycles. The Balaban J connectivity index is 1.97. The van der Waals surface area contributed by atoms with Crippen LogP contribution in [0.5, 0.6) is 0 Å². The number of ether oxygens (including phenoxy) is 1.